The first-order valence-corrected chi connectivity index (χ1v) is 11.0. The number of rotatable bonds is 7. The summed E-state index contributed by atoms with van der Waals surface area (Å²) in [6.45, 7) is 3.46. The lowest BCUT2D eigenvalue weighted by Crippen LogP contribution is -2.15. The molecule has 7 heteroatoms. The molecule has 2 aromatic heterocycles. The number of Topliss-reactive ketones (excluding diaryl/α,β-unsaturated/α-hetero) is 1. The Hall–Kier alpha value is -3.02. The van der Waals surface area contributed by atoms with Crippen molar-refractivity contribution in [2.45, 2.75) is 26.7 Å². The maximum atomic E-state index is 12.8. The van der Waals surface area contributed by atoms with Gasteiger partial charge in [0.15, 0.2) is 6.61 Å². The van der Waals surface area contributed by atoms with Crippen LogP contribution >= 0.6 is 23.2 Å². The van der Waals surface area contributed by atoms with Gasteiger partial charge in [-0.2, -0.15) is 0 Å². The summed E-state index contributed by atoms with van der Waals surface area (Å²) >= 11 is 12.2. The summed E-state index contributed by atoms with van der Waals surface area (Å²) < 4.78 is 7.19. The summed E-state index contributed by atoms with van der Waals surface area (Å²) in [7, 11) is 0. The number of nitrogens with zero attached hydrogens (tertiary/aromatic N) is 1. The maximum absolute atomic E-state index is 12.8. The van der Waals surface area contributed by atoms with Crippen molar-refractivity contribution in [2.24, 2.45) is 0 Å². The van der Waals surface area contributed by atoms with Crippen LogP contribution in [0.25, 0.3) is 16.6 Å². The van der Waals surface area contributed by atoms with E-state index < -0.39 is 5.97 Å². The van der Waals surface area contributed by atoms with Gasteiger partial charge in [0, 0.05) is 46.2 Å². The maximum Gasteiger partial charge on any atom is 0.306 e. The number of halogens is 2. The van der Waals surface area contributed by atoms with Crippen molar-refractivity contribution in [3.05, 3.63) is 87.3 Å². The number of benzene rings is 2. The van der Waals surface area contributed by atoms with Gasteiger partial charge in [-0.1, -0.05) is 41.4 Å². The molecule has 0 fully saturated rings. The van der Waals surface area contributed by atoms with E-state index in [9.17, 15) is 9.59 Å². The first-order chi connectivity index (χ1) is 15.3. The van der Waals surface area contributed by atoms with Crippen LogP contribution < -0.4 is 0 Å². The molecule has 2 aromatic carbocycles. The average molecular weight is 469 g/mol. The minimum atomic E-state index is -0.401. The topological polar surface area (TPSA) is 64.1 Å². The van der Waals surface area contributed by atoms with E-state index in [-0.39, 0.29) is 18.8 Å². The molecule has 0 amide bonds. The molecular formula is C25H22Cl2N2O3. The minimum Gasteiger partial charge on any atom is -0.457 e. The molecule has 0 aliphatic rings. The van der Waals surface area contributed by atoms with E-state index in [2.05, 4.69) is 4.98 Å². The zero-order valence-corrected chi connectivity index (χ0v) is 19.3. The van der Waals surface area contributed by atoms with Gasteiger partial charge in [-0.3, -0.25) is 9.59 Å². The standard InChI is InChI=1S/C25H22Cl2N2O3/c1-15-11-20(16(2)29(15)18-8-9-21(26)22(27)12-18)24(30)14-32-25(31)10-7-17-13-28-23-6-4-3-5-19(17)23/h3-6,8-9,11-13,28H,7,10,14H2,1-2H3. The van der Waals surface area contributed by atoms with E-state index in [1.807, 2.05) is 54.9 Å². The van der Waals surface area contributed by atoms with E-state index in [1.165, 1.54) is 0 Å². The van der Waals surface area contributed by atoms with Gasteiger partial charge in [0.25, 0.3) is 0 Å². The molecule has 32 heavy (non-hydrogen) atoms. The van der Waals surface area contributed by atoms with Crippen molar-refractivity contribution in [2.75, 3.05) is 6.61 Å². The molecule has 4 rings (SSSR count). The molecule has 164 valence electrons. The summed E-state index contributed by atoms with van der Waals surface area (Å²) in [6, 6.07) is 15.0. The number of para-hydroxylation sites is 1. The smallest absolute Gasteiger partial charge is 0.306 e. The third-order valence-electron chi connectivity index (χ3n) is 5.53. The molecule has 5 nitrogen and oxygen atoms in total. The number of hydrogen-bond donors (Lipinski definition) is 1. The molecule has 0 saturated carbocycles. The van der Waals surface area contributed by atoms with E-state index in [0.717, 1.165) is 33.5 Å². The average Bonchev–Trinajstić information content (AvgIpc) is 3.33. The van der Waals surface area contributed by atoms with Crippen molar-refractivity contribution in [1.82, 2.24) is 9.55 Å². The molecule has 0 saturated heterocycles. The number of carbonyl (C=O) groups is 2. The van der Waals surface area contributed by atoms with Crippen molar-refractivity contribution in [3.8, 4) is 5.69 Å². The number of hydrogen-bond acceptors (Lipinski definition) is 3. The minimum absolute atomic E-state index is 0.206. The monoisotopic (exact) mass is 468 g/mol. The number of esters is 1. The highest BCUT2D eigenvalue weighted by Gasteiger charge is 2.19. The van der Waals surface area contributed by atoms with Gasteiger partial charge in [-0.15, -0.1) is 0 Å². The van der Waals surface area contributed by atoms with Crippen LogP contribution in [0.1, 0.15) is 33.7 Å². The molecule has 2 heterocycles. The summed E-state index contributed by atoms with van der Waals surface area (Å²) in [5, 5.41) is 1.99. The fourth-order valence-corrected chi connectivity index (χ4v) is 4.23. The fourth-order valence-electron chi connectivity index (χ4n) is 3.94. The van der Waals surface area contributed by atoms with Crippen LogP contribution in [0.15, 0.2) is 54.7 Å². The molecule has 0 aliphatic heterocycles. The number of ether oxygens (including phenoxy) is 1. The van der Waals surface area contributed by atoms with Gasteiger partial charge < -0.3 is 14.3 Å². The van der Waals surface area contributed by atoms with E-state index in [1.54, 1.807) is 18.2 Å². The quantitative estimate of drug-likeness (QED) is 0.257. The Balaban J connectivity index is 1.39. The second-order valence-electron chi connectivity index (χ2n) is 7.66. The van der Waals surface area contributed by atoms with Gasteiger partial charge in [0.05, 0.1) is 10.0 Å². The number of aromatic nitrogens is 2. The Labute approximate surface area is 195 Å². The Morgan fingerprint density at radius 3 is 2.59 bits per heavy atom. The van der Waals surface area contributed by atoms with Gasteiger partial charge in [0.1, 0.15) is 0 Å². The summed E-state index contributed by atoms with van der Waals surface area (Å²) in [6.07, 6.45) is 2.65. The second kappa shape index (κ2) is 9.23. The van der Waals surface area contributed by atoms with E-state index in [0.29, 0.717) is 22.0 Å². The van der Waals surface area contributed by atoms with Crippen LogP contribution in [0.2, 0.25) is 10.0 Å². The summed E-state index contributed by atoms with van der Waals surface area (Å²) in [5.41, 5.74) is 5.02. The second-order valence-corrected chi connectivity index (χ2v) is 8.48. The van der Waals surface area contributed by atoms with Gasteiger partial charge in [-0.05, 0) is 56.2 Å². The van der Waals surface area contributed by atoms with Crippen LogP contribution in [-0.4, -0.2) is 27.9 Å². The third kappa shape index (κ3) is 4.45. The van der Waals surface area contributed by atoms with Crippen LogP contribution in [0.3, 0.4) is 0 Å². The zero-order valence-electron chi connectivity index (χ0n) is 17.7. The van der Waals surface area contributed by atoms with E-state index in [4.69, 9.17) is 27.9 Å². The largest absolute Gasteiger partial charge is 0.457 e. The Bertz CT molecular complexity index is 1320. The number of fused-ring (bicyclic) bond motifs is 1. The van der Waals surface area contributed by atoms with Gasteiger partial charge in [-0.25, -0.2) is 0 Å². The predicted octanol–water partition coefficient (Wildman–Crippen LogP) is 6.24. The van der Waals surface area contributed by atoms with Crippen molar-refractivity contribution < 1.29 is 14.3 Å². The Kier molecular flexibility index (Phi) is 6.40. The Morgan fingerprint density at radius 2 is 1.81 bits per heavy atom. The SMILES string of the molecule is Cc1cc(C(=O)COC(=O)CCc2c[nH]c3ccccc23)c(C)n1-c1ccc(Cl)c(Cl)c1. The highest BCUT2D eigenvalue weighted by atomic mass is 35.5. The fraction of sp³-hybridized carbons (Fsp3) is 0.200. The predicted molar refractivity (Wildman–Crippen MR) is 127 cm³/mol. The Morgan fingerprint density at radius 1 is 1.03 bits per heavy atom. The lowest BCUT2D eigenvalue weighted by atomic mass is 10.1. The van der Waals surface area contributed by atoms with Crippen LogP contribution in [0.5, 0.6) is 0 Å². The zero-order chi connectivity index (χ0) is 22.8. The normalized spacial score (nSPS) is 11.1. The molecule has 0 unspecified atom stereocenters. The third-order valence-corrected chi connectivity index (χ3v) is 6.27. The van der Waals surface area contributed by atoms with Crippen molar-refractivity contribution >= 4 is 45.9 Å². The molecule has 0 atom stereocenters. The van der Waals surface area contributed by atoms with E-state index >= 15 is 0 Å². The highest BCUT2D eigenvalue weighted by Crippen LogP contribution is 2.28. The van der Waals surface area contributed by atoms with Crippen molar-refractivity contribution in [3.63, 3.8) is 0 Å². The molecule has 1 N–H and O–H groups in total. The summed E-state index contributed by atoms with van der Waals surface area (Å²) in [5.74, 6) is -0.647. The number of ketones is 1. The first kappa shape index (κ1) is 22.2. The van der Waals surface area contributed by atoms with Crippen LogP contribution in [0.4, 0.5) is 0 Å². The molecule has 0 radical (unpaired) electrons. The number of aryl methyl sites for hydroxylation is 2. The van der Waals surface area contributed by atoms with Crippen molar-refractivity contribution in [1.29, 1.82) is 0 Å². The lowest BCUT2D eigenvalue weighted by Gasteiger charge is -2.11. The number of H-pyrrole nitrogens is 1. The van der Waals surface area contributed by atoms with Crippen LogP contribution in [-0.2, 0) is 16.0 Å². The lowest BCUT2D eigenvalue weighted by molar-refractivity contribution is -0.142. The molecule has 4 aromatic rings. The summed E-state index contributed by atoms with van der Waals surface area (Å²) in [4.78, 5) is 28.2. The first-order valence-electron chi connectivity index (χ1n) is 10.2. The molecular weight excluding hydrogens is 447 g/mol. The number of carbonyl (C=O) groups excluding carboxylic acids is 2. The molecule has 0 spiro atoms. The van der Waals surface area contributed by atoms with Gasteiger partial charge in [0.2, 0.25) is 5.78 Å². The number of aromatic amines is 1. The molecule has 0 aliphatic carbocycles. The van der Waals surface area contributed by atoms with Gasteiger partial charge >= 0.3 is 5.97 Å². The highest BCUT2D eigenvalue weighted by molar-refractivity contribution is 6.42. The number of nitrogens with one attached hydrogen (secondary N) is 1. The van der Waals surface area contributed by atoms with Crippen LogP contribution in [0, 0.1) is 13.8 Å². The molecule has 0 bridgehead atoms.